The third kappa shape index (κ3) is 3.69. The maximum Gasteiger partial charge on any atom is 0.146 e. The quantitative estimate of drug-likeness (QED) is 0.891. The first-order chi connectivity index (χ1) is 9.22. The van der Waals surface area contributed by atoms with E-state index in [-0.39, 0.29) is 11.9 Å². The average molecular weight is 264 g/mol. The minimum absolute atomic E-state index is 0.0832. The molecule has 1 aliphatic rings. The fourth-order valence-electron chi connectivity index (χ4n) is 2.70. The maximum atomic E-state index is 14.3. The Bertz CT molecular complexity index is 398. The van der Waals surface area contributed by atoms with Gasteiger partial charge >= 0.3 is 0 Å². The van der Waals surface area contributed by atoms with Gasteiger partial charge in [-0.25, -0.2) is 4.39 Å². The number of nitrogens with zero attached hydrogens (tertiary/aromatic N) is 1. The van der Waals surface area contributed by atoms with E-state index in [1.165, 1.54) is 32.1 Å². The number of halogens is 1. The van der Waals surface area contributed by atoms with Crippen molar-refractivity contribution in [3.8, 4) is 0 Å². The van der Waals surface area contributed by atoms with Crippen molar-refractivity contribution in [3.63, 3.8) is 0 Å². The molecule has 2 nitrogen and oxygen atoms in total. The van der Waals surface area contributed by atoms with Gasteiger partial charge in [-0.1, -0.05) is 25.3 Å². The molecule has 3 heteroatoms. The van der Waals surface area contributed by atoms with Crippen molar-refractivity contribution in [3.05, 3.63) is 29.6 Å². The highest BCUT2D eigenvalue weighted by Crippen LogP contribution is 2.25. The molecule has 1 aliphatic heterocycles. The summed E-state index contributed by atoms with van der Waals surface area (Å²) in [7, 11) is 1.90. The average Bonchev–Trinajstić information content (AvgIpc) is 2.38. The van der Waals surface area contributed by atoms with E-state index in [4.69, 9.17) is 0 Å². The minimum Gasteiger partial charge on any atom is -0.369 e. The molecule has 1 fully saturated rings. The summed E-state index contributed by atoms with van der Waals surface area (Å²) in [6.45, 7) is 4.01. The molecule has 1 aromatic carbocycles. The first-order valence-corrected chi connectivity index (χ1v) is 7.44. The van der Waals surface area contributed by atoms with E-state index in [0.29, 0.717) is 0 Å². The van der Waals surface area contributed by atoms with Gasteiger partial charge in [0.1, 0.15) is 5.82 Å². The summed E-state index contributed by atoms with van der Waals surface area (Å²) in [5.74, 6) is -0.0832. The second-order valence-corrected chi connectivity index (χ2v) is 5.48. The summed E-state index contributed by atoms with van der Waals surface area (Å²) in [5.41, 5.74) is 1.78. The predicted molar refractivity (Wildman–Crippen MR) is 79.2 cm³/mol. The molecule has 1 saturated heterocycles. The molecule has 1 heterocycles. The van der Waals surface area contributed by atoms with Gasteiger partial charge in [0.2, 0.25) is 0 Å². The van der Waals surface area contributed by atoms with Crippen molar-refractivity contribution >= 4 is 5.69 Å². The Morgan fingerprint density at radius 2 is 1.74 bits per heavy atom. The summed E-state index contributed by atoms with van der Waals surface area (Å²) in [5, 5.41) is 3.15. The van der Waals surface area contributed by atoms with E-state index >= 15 is 0 Å². The molecule has 0 bridgehead atoms. The number of anilines is 1. The normalized spacial score (nSPS) is 18.8. The molecular formula is C16H25FN2. The van der Waals surface area contributed by atoms with Crippen molar-refractivity contribution in [1.29, 1.82) is 0 Å². The number of nitrogens with one attached hydrogen (secondary N) is 1. The van der Waals surface area contributed by atoms with Crippen molar-refractivity contribution in [2.75, 3.05) is 25.0 Å². The summed E-state index contributed by atoms with van der Waals surface area (Å²) >= 11 is 0. The van der Waals surface area contributed by atoms with Crippen molar-refractivity contribution in [2.24, 2.45) is 0 Å². The summed E-state index contributed by atoms with van der Waals surface area (Å²) in [4.78, 5) is 2.21. The largest absolute Gasteiger partial charge is 0.369 e. The number of hydrogen-bond acceptors (Lipinski definition) is 2. The molecule has 1 aromatic rings. The fraction of sp³-hybridized carbons (Fsp3) is 0.625. The Hall–Kier alpha value is -1.09. The van der Waals surface area contributed by atoms with Crippen LogP contribution in [0.3, 0.4) is 0 Å². The molecule has 0 saturated carbocycles. The van der Waals surface area contributed by atoms with Crippen LogP contribution in [0, 0.1) is 5.82 Å². The highest BCUT2D eigenvalue weighted by molar-refractivity contribution is 5.49. The Morgan fingerprint density at radius 3 is 2.32 bits per heavy atom. The highest BCUT2D eigenvalue weighted by atomic mass is 19.1. The Balaban J connectivity index is 2.14. The SMILES string of the molecule is CNC(C)c1ccc(N2CCCCCCC2)c(F)c1. The summed E-state index contributed by atoms with van der Waals surface area (Å²) in [6, 6.07) is 5.85. The van der Waals surface area contributed by atoms with Crippen molar-refractivity contribution < 1.29 is 4.39 Å². The lowest BCUT2D eigenvalue weighted by atomic mass is 10.1. The molecular weight excluding hydrogens is 239 g/mol. The van der Waals surface area contributed by atoms with E-state index in [2.05, 4.69) is 10.2 Å². The summed E-state index contributed by atoms with van der Waals surface area (Å²) in [6.07, 6.45) is 6.22. The van der Waals surface area contributed by atoms with Crippen molar-refractivity contribution in [1.82, 2.24) is 5.32 Å². The zero-order valence-corrected chi connectivity index (χ0v) is 12.1. The van der Waals surface area contributed by atoms with Crippen LogP contribution in [0.5, 0.6) is 0 Å². The Kier molecular flexibility index (Phi) is 5.20. The fourth-order valence-corrected chi connectivity index (χ4v) is 2.70. The molecule has 0 amide bonds. The van der Waals surface area contributed by atoms with E-state index in [0.717, 1.165) is 24.3 Å². The molecule has 2 rings (SSSR count). The third-order valence-corrected chi connectivity index (χ3v) is 4.10. The molecule has 0 radical (unpaired) electrons. The molecule has 19 heavy (non-hydrogen) atoms. The monoisotopic (exact) mass is 264 g/mol. The van der Waals surface area contributed by atoms with Gasteiger partial charge in [0.15, 0.2) is 0 Å². The molecule has 1 unspecified atom stereocenters. The number of hydrogen-bond donors (Lipinski definition) is 1. The van der Waals surface area contributed by atoms with Gasteiger partial charge in [-0.2, -0.15) is 0 Å². The lowest BCUT2D eigenvalue weighted by Gasteiger charge is -2.27. The zero-order chi connectivity index (χ0) is 13.7. The van der Waals surface area contributed by atoms with Crippen LogP contribution in [0.2, 0.25) is 0 Å². The molecule has 0 aliphatic carbocycles. The van der Waals surface area contributed by atoms with Crippen LogP contribution in [-0.2, 0) is 0 Å². The van der Waals surface area contributed by atoms with Gasteiger partial charge in [-0.3, -0.25) is 0 Å². The smallest absolute Gasteiger partial charge is 0.146 e. The lowest BCUT2D eigenvalue weighted by molar-refractivity contribution is 0.543. The van der Waals surface area contributed by atoms with Gasteiger partial charge < -0.3 is 10.2 Å². The van der Waals surface area contributed by atoms with Gasteiger partial charge in [-0.05, 0) is 44.5 Å². The first kappa shape index (κ1) is 14.3. The van der Waals surface area contributed by atoms with E-state index in [9.17, 15) is 4.39 Å². The van der Waals surface area contributed by atoms with Crippen LogP contribution < -0.4 is 10.2 Å². The van der Waals surface area contributed by atoms with Gasteiger partial charge in [0.25, 0.3) is 0 Å². The Labute approximate surface area is 116 Å². The molecule has 1 atom stereocenters. The van der Waals surface area contributed by atoms with Crippen LogP contribution in [0.1, 0.15) is 50.6 Å². The standard InChI is InChI=1S/C16H25FN2/c1-13(18-2)14-8-9-16(15(17)12-14)19-10-6-4-3-5-7-11-19/h8-9,12-13,18H,3-7,10-11H2,1-2H3. The zero-order valence-electron chi connectivity index (χ0n) is 12.1. The number of rotatable bonds is 3. The second kappa shape index (κ2) is 6.90. The molecule has 106 valence electrons. The topological polar surface area (TPSA) is 15.3 Å². The second-order valence-electron chi connectivity index (χ2n) is 5.48. The van der Waals surface area contributed by atoms with E-state index in [1.54, 1.807) is 6.07 Å². The first-order valence-electron chi connectivity index (χ1n) is 7.44. The molecule has 1 N–H and O–H groups in total. The highest BCUT2D eigenvalue weighted by Gasteiger charge is 2.14. The van der Waals surface area contributed by atoms with E-state index < -0.39 is 0 Å². The van der Waals surface area contributed by atoms with E-state index in [1.807, 2.05) is 26.1 Å². The number of benzene rings is 1. The van der Waals surface area contributed by atoms with Crippen LogP contribution in [-0.4, -0.2) is 20.1 Å². The molecule has 0 aromatic heterocycles. The van der Waals surface area contributed by atoms with Gasteiger partial charge in [0, 0.05) is 19.1 Å². The van der Waals surface area contributed by atoms with Crippen LogP contribution in [0.4, 0.5) is 10.1 Å². The third-order valence-electron chi connectivity index (χ3n) is 4.10. The summed E-state index contributed by atoms with van der Waals surface area (Å²) < 4.78 is 14.3. The predicted octanol–water partition coefficient (Wildman–Crippen LogP) is 3.88. The van der Waals surface area contributed by atoms with Gasteiger partial charge in [0.05, 0.1) is 5.69 Å². The lowest BCUT2D eigenvalue weighted by Crippen LogP contribution is -2.28. The maximum absolute atomic E-state index is 14.3. The van der Waals surface area contributed by atoms with Crippen LogP contribution in [0.15, 0.2) is 18.2 Å². The van der Waals surface area contributed by atoms with Crippen LogP contribution >= 0.6 is 0 Å². The minimum atomic E-state index is -0.0832. The van der Waals surface area contributed by atoms with Crippen LogP contribution in [0.25, 0.3) is 0 Å². The molecule has 0 spiro atoms. The Morgan fingerprint density at radius 1 is 1.11 bits per heavy atom. The van der Waals surface area contributed by atoms with Crippen molar-refractivity contribution in [2.45, 2.75) is 45.1 Å². The van der Waals surface area contributed by atoms with Gasteiger partial charge in [-0.15, -0.1) is 0 Å².